The van der Waals surface area contributed by atoms with Gasteiger partial charge in [0.15, 0.2) is 0 Å². The number of hydrogen-bond donors (Lipinski definition) is 2. The molecule has 0 radical (unpaired) electrons. The van der Waals surface area contributed by atoms with Crippen molar-refractivity contribution in [2.45, 2.75) is 57.4 Å². The normalized spacial score (nSPS) is 18.6. The summed E-state index contributed by atoms with van der Waals surface area (Å²) in [6.07, 6.45) is 10.4. The van der Waals surface area contributed by atoms with Crippen LogP contribution < -0.4 is 10.6 Å². The smallest absolute Gasteiger partial charge is 0.131 e. The van der Waals surface area contributed by atoms with Crippen molar-refractivity contribution in [2.24, 2.45) is 5.41 Å². The van der Waals surface area contributed by atoms with E-state index in [1.54, 1.807) is 6.33 Å². The number of ether oxygens (including phenoxy) is 1. The first-order valence-corrected chi connectivity index (χ1v) is 10.7. The topological polar surface area (TPSA) is 84.9 Å². The lowest BCUT2D eigenvalue weighted by molar-refractivity contribution is 0.0793. The highest BCUT2D eigenvalue weighted by atomic mass is 32.1. The molecule has 2 N–H and O–H groups in total. The maximum atomic E-state index is 5.48. The van der Waals surface area contributed by atoms with E-state index < -0.39 is 0 Å². The Hall–Kier alpha value is -1.80. The van der Waals surface area contributed by atoms with Crippen molar-refractivity contribution in [3.8, 4) is 0 Å². The van der Waals surface area contributed by atoms with Crippen molar-refractivity contribution in [2.75, 3.05) is 30.9 Å². The van der Waals surface area contributed by atoms with Crippen molar-refractivity contribution in [3.05, 3.63) is 23.0 Å². The Morgan fingerprint density at radius 3 is 2.70 bits per heavy atom. The molecule has 0 saturated heterocycles. The van der Waals surface area contributed by atoms with Crippen LogP contribution >= 0.6 is 11.5 Å². The minimum absolute atomic E-state index is 0.342. The fourth-order valence-electron chi connectivity index (χ4n) is 4.08. The lowest BCUT2D eigenvalue weighted by Crippen LogP contribution is -2.26. The van der Waals surface area contributed by atoms with Gasteiger partial charge in [-0.25, -0.2) is 9.97 Å². The largest absolute Gasteiger partial charge is 0.384 e. The molecule has 0 bridgehead atoms. The number of hydrogen-bond acceptors (Lipinski definition) is 8. The maximum Gasteiger partial charge on any atom is 0.131 e. The summed E-state index contributed by atoms with van der Waals surface area (Å²) in [7, 11) is 1.81. The molecule has 0 amide bonds. The average Bonchev–Trinajstić information content (AvgIpc) is 3.23. The van der Waals surface area contributed by atoms with E-state index >= 15 is 0 Å². The number of anilines is 2. The molecule has 0 spiro atoms. The van der Waals surface area contributed by atoms with E-state index in [4.69, 9.17) is 4.74 Å². The second-order valence-electron chi connectivity index (χ2n) is 7.81. The SMILES string of the molecule is COCC1(CCNc2cc(NCc3snnc3C3CC3)ncn2)CCCC1. The first kappa shape index (κ1) is 18.6. The van der Waals surface area contributed by atoms with Gasteiger partial charge in [0.05, 0.1) is 23.7 Å². The quantitative estimate of drug-likeness (QED) is 0.640. The summed E-state index contributed by atoms with van der Waals surface area (Å²) < 4.78 is 9.59. The molecule has 2 aromatic rings. The monoisotopic (exact) mass is 388 g/mol. The van der Waals surface area contributed by atoms with Gasteiger partial charge < -0.3 is 15.4 Å². The van der Waals surface area contributed by atoms with Crippen molar-refractivity contribution < 1.29 is 4.74 Å². The molecular weight excluding hydrogens is 360 g/mol. The molecule has 0 unspecified atom stereocenters. The third-order valence-corrected chi connectivity index (χ3v) is 6.46. The molecule has 2 fully saturated rings. The Labute approximate surface area is 164 Å². The molecule has 2 heterocycles. The molecule has 2 saturated carbocycles. The number of methoxy groups -OCH3 is 1. The van der Waals surface area contributed by atoms with Gasteiger partial charge in [0, 0.05) is 25.6 Å². The zero-order valence-corrected chi connectivity index (χ0v) is 16.7. The Morgan fingerprint density at radius 1 is 1.19 bits per heavy atom. The van der Waals surface area contributed by atoms with Gasteiger partial charge in [-0.05, 0) is 49.1 Å². The minimum Gasteiger partial charge on any atom is -0.384 e. The van der Waals surface area contributed by atoms with Gasteiger partial charge in [-0.2, -0.15) is 0 Å². The first-order chi connectivity index (χ1) is 13.3. The van der Waals surface area contributed by atoms with E-state index in [0.29, 0.717) is 11.3 Å². The highest BCUT2D eigenvalue weighted by Gasteiger charge is 2.33. The van der Waals surface area contributed by atoms with Gasteiger partial charge in [-0.3, -0.25) is 0 Å². The van der Waals surface area contributed by atoms with E-state index in [1.807, 2.05) is 13.2 Å². The lowest BCUT2D eigenvalue weighted by Gasteiger charge is -2.28. The summed E-state index contributed by atoms with van der Waals surface area (Å²) in [5.74, 6) is 2.32. The summed E-state index contributed by atoms with van der Waals surface area (Å²) in [5, 5.41) is 11.1. The first-order valence-electron chi connectivity index (χ1n) is 9.88. The molecule has 8 heteroatoms. The van der Waals surface area contributed by atoms with Crippen LogP contribution in [0.2, 0.25) is 0 Å². The molecule has 0 aliphatic heterocycles. The molecule has 2 aliphatic carbocycles. The highest BCUT2D eigenvalue weighted by molar-refractivity contribution is 7.05. The van der Waals surface area contributed by atoms with Crippen LogP contribution in [-0.4, -0.2) is 39.8 Å². The van der Waals surface area contributed by atoms with E-state index in [9.17, 15) is 0 Å². The summed E-state index contributed by atoms with van der Waals surface area (Å²) in [4.78, 5) is 9.91. The zero-order valence-electron chi connectivity index (χ0n) is 15.9. The Kier molecular flexibility index (Phi) is 5.83. The van der Waals surface area contributed by atoms with Gasteiger partial charge >= 0.3 is 0 Å². The average molecular weight is 389 g/mol. The summed E-state index contributed by atoms with van der Waals surface area (Å²) in [6.45, 7) is 2.48. The molecule has 0 atom stereocenters. The number of rotatable bonds is 10. The van der Waals surface area contributed by atoms with E-state index in [2.05, 4.69) is 30.2 Å². The fraction of sp³-hybridized carbons (Fsp3) is 0.684. The summed E-state index contributed by atoms with van der Waals surface area (Å²) in [5.41, 5.74) is 1.51. The maximum absolute atomic E-state index is 5.48. The molecule has 7 nitrogen and oxygen atoms in total. The standard InChI is InChI=1S/C19H28N6OS/c1-26-12-19(6-2-3-7-19)8-9-20-16-10-17(23-13-22-16)21-11-15-18(14-4-5-14)24-25-27-15/h10,13-14H,2-9,11-12H2,1H3,(H2,20,21,22,23). The highest BCUT2D eigenvalue weighted by Crippen LogP contribution is 2.42. The van der Waals surface area contributed by atoms with Crippen LogP contribution in [-0.2, 0) is 11.3 Å². The summed E-state index contributed by atoms with van der Waals surface area (Å²) >= 11 is 1.48. The number of nitrogens with zero attached hydrogens (tertiary/aromatic N) is 4. The van der Waals surface area contributed by atoms with E-state index in [-0.39, 0.29) is 0 Å². The molecule has 146 valence electrons. The van der Waals surface area contributed by atoms with Crippen LogP contribution in [0.3, 0.4) is 0 Å². The third-order valence-electron chi connectivity index (χ3n) is 5.72. The van der Waals surface area contributed by atoms with Gasteiger partial charge in [0.25, 0.3) is 0 Å². The van der Waals surface area contributed by atoms with Gasteiger partial charge in [0.2, 0.25) is 0 Å². The van der Waals surface area contributed by atoms with Crippen LogP contribution in [0.25, 0.3) is 0 Å². The third kappa shape index (κ3) is 4.73. The van der Waals surface area contributed by atoms with Crippen molar-refractivity contribution >= 4 is 23.2 Å². The van der Waals surface area contributed by atoms with Gasteiger partial charge in [0.1, 0.15) is 18.0 Å². The Bertz CT molecular complexity index is 741. The number of nitrogens with one attached hydrogen (secondary N) is 2. The van der Waals surface area contributed by atoms with E-state index in [0.717, 1.165) is 37.8 Å². The summed E-state index contributed by atoms with van der Waals surface area (Å²) in [6, 6.07) is 1.98. The zero-order chi connectivity index (χ0) is 18.5. The van der Waals surface area contributed by atoms with Gasteiger partial charge in [-0.1, -0.05) is 17.3 Å². The predicted octanol–water partition coefficient (Wildman–Crippen LogP) is 3.83. The van der Waals surface area contributed by atoms with Crippen molar-refractivity contribution in [1.82, 2.24) is 19.6 Å². The van der Waals surface area contributed by atoms with E-state index in [1.165, 1.54) is 60.6 Å². The van der Waals surface area contributed by atoms with Crippen LogP contribution in [0, 0.1) is 5.41 Å². The lowest BCUT2D eigenvalue weighted by atomic mass is 9.83. The van der Waals surface area contributed by atoms with Crippen LogP contribution in [0.4, 0.5) is 11.6 Å². The molecular formula is C19H28N6OS. The Morgan fingerprint density at radius 2 is 1.96 bits per heavy atom. The van der Waals surface area contributed by atoms with Crippen molar-refractivity contribution in [1.29, 1.82) is 0 Å². The number of aromatic nitrogens is 4. The second-order valence-corrected chi connectivity index (χ2v) is 8.65. The van der Waals surface area contributed by atoms with Crippen molar-refractivity contribution in [3.63, 3.8) is 0 Å². The van der Waals surface area contributed by atoms with Crippen LogP contribution in [0.15, 0.2) is 12.4 Å². The molecule has 2 aromatic heterocycles. The Balaban J connectivity index is 1.29. The molecule has 2 aliphatic rings. The fourth-order valence-corrected chi connectivity index (χ4v) is 4.75. The molecule has 0 aromatic carbocycles. The second kappa shape index (κ2) is 8.48. The molecule has 4 rings (SSSR count). The van der Waals surface area contributed by atoms with Gasteiger partial charge in [-0.15, -0.1) is 5.10 Å². The molecule has 27 heavy (non-hydrogen) atoms. The predicted molar refractivity (Wildman–Crippen MR) is 107 cm³/mol. The minimum atomic E-state index is 0.342. The van der Waals surface area contributed by atoms with Crippen LogP contribution in [0.1, 0.15) is 61.4 Å². The van der Waals surface area contributed by atoms with Crippen LogP contribution in [0.5, 0.6) is 0 Å².